The molecule has 1 aliphatic heterocycles. The Balaban J connectivity index is 2.07. The zero-order valence-electron chi connectivity index (χ0n) is 13.2. The number of carbonyl (C=O) groups is 2. The van der Waals surface area contributed by atoms with Crippen molar-refractivity contribution in [2.24, 2.45) is 10.8 Å². The summed E-state index contributed by atoms with van der Waals surface area (Å²) < 4.78 is 5.66. The minimum Gasteiger partial charge on any atom is -0.358 e. The summed E-state index contributed by atoms with van der Waals surface area (Å²) in [5.74, 6) is -0.118. The van der Waals surface area contributed by atoms with Gasteiger partial charge in [-0.25, -0.2) is 10.2 Å². The molecular formula is C15H21N5O3. The number of amides is 3. The number of urea groups is 1. The van der Waals surface area contributed by atoms with Crippen LogP contribution in [-0.2, 0) is 4.74 Å². The normalized spacial score (nSPS) is 17.8. The molecule has 0 aliphatic carbocycles. The zero-order chi connectivity index (χ0) is 16.8. The van der Waals surface area contributed by atoms with E-state index in [9.17, 15) is 9.59 Å². The van der Waals surface area contributed by atoms with E-state index in [4.69, 9.17) is 10.5 Å². The number of hydrogen-bond acceptors (Lipinski definition) is 5. The third-order valence-electron chi connectivity index (χ3n) is 3.38. The molecule has 0 radical (unpaired) electrons. The van der Waals surface area contributed by atoms with Crippen molar-refractivity contribution in [2.45, 2.75) is 26.5 Å². The smallest absolute Gasteiger partial charge is 0.332 e. The first-order valence-electron chi connectivity index (χ1n) is 7.40. The molecule has 3 amide bonds. The number of fused-ring (bicyclic) bond motifs is 1. The van der Waals surface area contributed by atoms with Crippen LogP contribution in [0.1, 0.15) is 42.4 Å². The summed E-state index contributed by atoms with van der Waals surface area (Å²) in [5, 5.41) is 5.33. The molecule has 0 bridgehead atoms. The Morgan fingerprint density at radius 2 is 2.22 bits per heavy atom. The molecule has 0 aromatic heterocycles. The van der Waals surface area contributed by atoms with Crippen LogP contribution in [0.5, 0.6) is 0 Å². The largest absolute Gasteiger partial charge is 0.358 e. The lowest BCUT2D eigenvalue weighted by Crippen LogP contribution is -2.50. The van der Waals surface area contributed by atoms with Crippen LogP contribution in [-0.4, -0.2) is 35.8 Å². The third kappa shape index (κ3) is 4.27. The van der Waals surface area contributed by atoms with Gasteiger partial charge in [0.25, 0.3) is 5.91 Å². The molecular weight excluding hydrogens is 298 g/mol. The lowest BCUT2D eigenvalue weighted by atomic mass is 10.0. The van der Waals surface area contributed by atoms with Gasteiger partial charge in [0, 0.05) is 36.4 Å². The summed E-state index contributed by atoms with van der Waals surface area (Å²) in [6.45, 7) is 4.57. The van der Waals surface area contributed by atoms with Gasteiger partial charge in [-0.1, -0.05) is 18.2 Å². The van der Waals surface area contributed by atoms with E-state index in [1.807, 2.05) is 25.1 Å². The molecule has 23 heavy (non-hydrogen) atoms. The maximum absolute atomic E-state index is 12.5. The van der Waals surface area contributed by atoms with Crippen LogP contribution in [0, 0.1) is 0 Å². The highest BCUT2D eigenvalue weighted by atomic mass is 16.5. The van der Waals surface area contributed by atoms with Crippen molar-refractivity contribution in [2.75, 3.05) is 13.2 Å². The van der Waals surface area contributed by atoms with Crippen molar-refractivity contribution < 1.29 is 14.3 Å². The molecule has 0 spiro atoms. The van der Waals surface area contributed by atoms with Crippen LogP contribution in [0.2, 0.25) is 0 Å². The van der Waals surface area contributed by atoms with Gasteiger partial charge in [0.2, 0.25) is 0 Å². The highest BCUT2D eigenvalue weighted by molar-refractivity contribution is 5.96. The van der Waals surface area contributed by atoms with Gasteiger partial charge in [0.1, 0.15) is 0 Å². The van der Waals surface area contributed by atoms with Crippen LogP contribution in [0.3, 0.4) is 0 Å². The Morgan fingerprint density at radius 1 is 1.48 bits per heavy atom. The summed E-state index contributed by atoms with van der Waals surface area (Å²) in [7, 11) is 0. The molecule has 1 aromatic rings. The van der Waals surface area contributed by atoms with E-state index in [2.05, 4.69) is 16.0 Å². The van der Waals surface area contributed by atoms with E-state index >= 15 is 0 Å². The molecule has 8 heteroatoms. The lowest BCUT2D eigenvalue weighted by molar-refractivity contribution is -0.0250. The fourth-order valence-electron chi connectivity index (χ4n) is 2.28. The van der Waals surface area contributed by atoms with Gasteiger partial charge in [-0.3, -0.25) is 9.80 Å². The monoisotopic (exact) mass is 319 g/mol. The molecule has 0 fully saturated rings. The number of primary amides is 1. The second-order valence-corrected chi connectivity index (χ2v) is 5.08. The van der Waals surface area contributed by atoms with E-state index in [1.165, 1.54) is 5.01 Å². The first-order valence-corrected chi connectivity index (χ1v) is 7.40. The van der Waals surface area contributed by atoms with Crippen LogP contribution in [0.4, 0.5) is 4.79 Å². The second-order valence-electron chi connectivity index (χ2n) is 5.08. The number of hydrazone groups is 1. The number of nitrogens with two attached hydrogens (primary N) is 1. The lowest BCUT2D eigenvalue weighted by Gasteiger charge is -2.35. The topological polar surface area (TPSA) is 109 Å². The Labute approximate surface area is 134 Å². The molecule has 0 saturated heterocycles. The number of hydrazine groups is 1. The summed E-state index contributed by atoms with van der Waals surface area (Å²) in [5.41, 5.74) is 12.3. The number of benzene rings is 1. The Bertz CT molecular complexity index is 617. The molecule has 8 nitrogen and oxygen atoms in total. The molecule has 1 aromatic carbocycles. The van der Waals surface area contributed by atoms with E-state index in [0.29, 0.717) is 30.8 Å². The van der Waals surface area contributed by atoms with Crippen molar-refractivity contribution in [1.29, 1.82) is 0 Å². The Morgan fingerprint density at radius 3 is 2.91 bits per heavy atom. The van der Waals surface area contributed by atoms with E-state index < -0.39 is 6.03 Å². The van der Waals surface area contributed by atoms with E-state index in [1.54, 1.807) is 13.0 Å². The first kappa shape index (κ1) is 16.9. The molecule has 4 N–H and O–H groups in total. The maximum atomic E-state index is 12.5. The van der Waals surface area contributed by atoms with Crippen molar-refractivity contribution in [3.05, 3.63) is 35.4 Å². The molecule has 1 atom stereocenters. The molecule has 0 saturated carbocycles. The maximum Gasteiger partial charge on any atom is 0.332 e. The van der Waals surface area contributed by atoms with Gasteiger partial charge < -0.3 is 10.5 Å². The average Bonchev–Trinajstić information content (AvgIpc) is 2.54. The van der Waals surface area contributed by atoms with Gasteiger partial charge >= 0.3 is 6.03 Å². The van der Waals surface area contributed by atoms with Crippen molar-refractivity contribution in [3.63, 3.8) is 0 Å². The minimum atomic E-state index is -0.720. The second kappa shape index (κ2) is 7.70. The van der Waals surface area contributed by atoms with Crippen LogP contribution in [0.15, 0.2) is 29.4 Å². The fraction of sp³-hybridized carbons (Fsp3) is 0.400. The molecule has 124 valence electrons. The van der Waals surface area contributed by atoms with Gasteiger partial charge in [-0.05, 0) is 19.9 Å². The highest BCUT2D eigenvalue weighted by Crippen LogP contribution is 2.25. The summed E-state index contributed by atoms with van der Waals surface area (Å²) in [6, 6.07) is 6.64. The van der Waals surface area contributed by atoms with Gasteiger partial charge in [-0.2, -0.15) is 10.5 Å². The van der Waals surface area contributed by atoms with Crippen LogP contribution < -0.4 is 16.6 Å². The van der Waals surface area contributed by atoms with Gasteiger partial charge in [-0.15, -0.1) is 0 Å². The van der Waals surface area contributed by atoms with Crippen LogP contribution in [0.25, 0.3) is 0 Å². The number of rotatable bonds is 6. The number of hydrogen-bond donors (Lipinski definition) is 3. The highest BCUT2D eigenvalue weighted by Gasteiger charge is 2.30. The van der Waals surface area contributed by atoms with Gasteiger partial charge in [0.15, 0.2) is 6.23 Å². The predicted octanol–water partition coefficient (Wildman–Crippen LogP) is 1.12. The van der Waals surface area contributed by atoms with E-state index in [-0.39, 0.29) is 12.1 Å². The number of nitrogens with one attached hydrogen (secondary N) is 2. The SMILES string of the molecule is CCOC1NN(CC/C(C)=N/NC(N)=O)C(=O)c2ccccc21. The molecule has 1 unspecified atom stereocenters. The van der Waals surface area contributed by atoms with Crippen molar-refractivity contribution in [3.8, 4) is 0 Å². The quantitative estimate of drug-likeness (QED) is 0.539. The zero-order valence-corrected chi connectivity index (χ0v) is 13.2. The summed E-state index contributed by atoms with van der Waals surface area (Å²) >= 11 is 0. The average molecular weight is 319 g/mol. The molecule has 2 rings (SSSR count). The Kier molecular flexibility index (Phi) is 5.67. The van der Waals surface area contributed by atoms with Crippen LogP contribution >= 0.6 is 0 Å². The van der Waals surface area contributed by atoms with E-state index in [0.717, 1.165) is 5.56 Å². The number of ether oxygens (including phenoxy) is 1. The predicted molar refractivity (Wildman–Crippen MR) is 85.4 cm³/mol. The number of nitrogens with zero attached hydrogens (tertiary/aromatic N) is 2. The standard InChI is InChI=1S/C15H21N5O3/c1-3-23-13-11-6-4-5-7-12(11)14(21)20(19-13)9-8-10(2)17-18-15(16)22/h4-7,13,19H,3,8-9H2,1-2H3,(H3,16,18,22)/b17-10+. The molecule has 1 aliphatic rings. The third-order valence-corrected chi connectivity index (χ3v) is 3.38. The van der Waals surface area contributed by atoms with Gasteiger partial charge in [0.05, 0.1) is 0 Å². The van der Waals surface area contributed by atoms with Crippen molar-refractivity contribution >= 4 is 17.6 Å². The first-order chi connectivity index (χ1) is 11.0. The minimum absolute atomic E-state index is 0.118. The number of carbonyl (C=O) groups excluding carboxylic acids is 2. The fourth-order valence-corrected chi connectivity index (χ4v) is 2.28. The Hall–Kier alpha value is -2.45. The van der Waals surface area contributed by atoms with Crippen molar-refractivity contribution in [1.82, 2.24) is 15.9 Å². The summed E-state index contributed by atoms with van der Waals surface area (Å²) in [4.78, 5) is 23.1. The molecule has 1 heterocycles. The summed E-state index contributed by atoms with van der Waals surface area (Å²) in [6.07, 6.45) is 0.120.